The third-order valence-corrected chi connectivity index (χ3v) is 4.69. The maximum Gasteiger partial charge on any atom is 0.332 e. The van der Waals surface area contributed by atoms with Crippen LogP contribution in [0.1, 0.15) is 0 Å². The van der Waals surface area contributed by atoms with Gasteiger partial charge in [-0.2, -0.15) is 0 Å². The van der Waals surface area contributed by atoms with E-state index < -0.39 is 17.4 Å². The standard InChI is InChI=1S/C15H24N6O3.2ClH/c1-17-4-6-20(7-5-17)8-11(22)9-21-10-16-13-12(21)14(23)19(3)15(24)18(13)2;;/h10-11,22H,4-9H2,1-3H3;2*1H. The van der Waals surface area contributed by atoms with Crippen LogP contribution in [0.5, 0.6) is 0 Å². The molecule has 0 amide bonds. The van der Waals surface area contributed by atoms with E-state index in [9.17, 15) is 14.7 Å². The summed E-state index contributed by atoms with van der Waals surface area (Å²) in [5.41, 5.74) is -0.111. The summed E-state index contributed by atoms with van der Waals surface area (Å²) in [4.78, 5) is 33.0. The second-order valence-electron chi connectivity index (χ2n) is 6.53. The third-order valence-electron chi connectivity index (χ3n) is 4.69. The zero-order valence-electron chi connectivity index (χ0n) is 15.2. The van der Waals surface area contributed by atoms with Crippen molar-refractivity contribution in [2.45, 2.75) is 12.6 Å². The lowest BCUT2D eigenvalue weighted by Gasteiger charge is -2.33. The maximum absolute atomic E-state index is 12.4. The van der Waals surface area contributed by atoms with Crippen LogP contribution in [0.25, 0.3) is 11.2 Å². The fourth-order valence-electron chi connectivity index (χ4n) is 3.15. The lowest BCUT2D eigenvalue weighted by Crippen LogP contribution is -2.47. The molecule has 1 saturated heterocycles. The van der Waals surface area contributed by atoms with Gasteiger partial charge in [0.2, 0.25) is 0 Å². The molecule has 1 unspecified atom stereocenters. The summed E-state index contributed by atoms with van der Waals surface area (Å²) in [5.74, 6) is 0. The summed E-state index contributed by atoms with van der Waals surface area (Å²) in [7, 11) is 5.12. The van der Waals surface area contributed by atoms with Gasteiger partial charge in [-0.25, -0.2) is 9.78 Å². The van der Waals surface area contributed by atoms with Gasteiger partial charge in [0.25, 0.3) is 5.56 Å². The highest BCUT2D eigenvalue weighted by Crippen LogP contribution is 2.08. The Labute approximate surface area is 163 Å². The van der Waals surface area contributed by atoms with Crippen LogP contribution >= 0.6 is 24.8 Å². The second-order valence-corrected chi connectivity index (χ2v) is 6.53. The Kier molecular flexibility index (Phi) is 7.85. The number of imidazole rings is 1. The number of hydrogen-bond acceptors (Lipinski definition) is 6. The lowest BCUT2D eigenvalue weighted by atomic mass is 10.2. The molecule has 1 fully saturated rings. The van der Waals surface area contributed by atoms with Crippen LogP contribution in [0.15, 0.2) is 15.9 Å². The van der Waals surface area contributed by atoms with Crippen molar-refractivity contribution in [1.82, 2.24) is 28.5 Å². The third kappa shape index (κ3) is 4.29. The van der Waals surface area contributed by atoms with Gasteiger partial charge in [-0.3, -0.25) is 18.8 Å². The van der Waals surface area contributed by atoms with Crippen LogP contribution in [0.4, 0.5) is 0 Å². The fraction of sp³-hybridized carbons (Fsp3) is 0.667. The zero-order chi connectivity index (χ0) is 17.4. The van der Waals surface area contributed by atoms with Crippen molar-refractivity contribution in [3.8, 4) is 0 Å². The van der Waals surface area contributed by atoms with Crippen LogP contribution in [-0.2, 0) is 20.6 Å². The normalized spacial score (nSPS) is 16.9. The number of fused-ring (bicyclic) bond motifs is 1. The van der Waals surface area contributed by atoms with Crippen LogP contribution in [-0.4, -0.2) is 79.5 Å². The summed E-state index contributed by atoms with van der Waals surface area (Å²) in [6.45, 7) is 4.66. The number of β-amino-alcohol motifs (C(OH)–C–C–N with tert-alkyl or cyclic N) is 1. The molecule has 2 aromatic heterocycles. The molecule has 3 heterocycles. The van der Waals surface area contributed by atoms with Crippen LogP contribution in [0.3, 0.4) is 0 Å². The molecule has 0 radical (unpaired) electrons. The number of aliphatic hydroxyl groups is 1. The monoisotopic (exact) mass is 408 g/mol. The predicted octanol–water partition coefficient (Wildman–Crippen LogP) is -1.11. The summed E-state index contributed by atoms with van der Waals surface area (Å²) in [6, 6.07) is 0. The van der Waals surface area contributed by atoms with Gasteiger partial charge in [0.1, 0.15) is 0 Å². The minimum Gasteiger partial charge on any atom is -0.390 e. The molecule has 1 atom stereocenters. The molecule has 1 aliphatic rings. The van der Waals surface area contributed by atoms with Gasteiger partial charge in [0.05, 0.1) is 19.0 Å². The highest BCUT2D eigenvalue weighted by Gasteiger charge is 2.19. The van der Waals surface area contributed by atoms with Crippen LogP contribution < -0.4 is 11.2 Å². The van der Waals surface area contributed by atoms with E-state index in [1.54, 1.807) is 11.6 Å². The van der Waals surface area contributed by atoms with Crippen LogP contribution in [0.2, 0.25) is 0 Å². The number of piperazine rings is 1. The van der Waals surface area contributed by atoms with Crippen molar-refractivity contribution in [2.75, 3.05) is 39.8 Å². The molecule has 0 spiro atoms. The molecule has 1 aliphatic heterocycles. The van der Waals surface area contributed by atoms with Crippen LogP contribution in [0, 0.1) is 0 Å². The number of hydrogen-bond donors (Lipinski definition) is 1. The molecule has 2 aromatic rings. The lowest BCUT2D eigenvalue weighted by molar-refractivity contribution is 0.0716. The number of aryl methyl sites for hydroxylation is 1. The fourth-order valence-corrected chi connectivity index (χ4v) is 3.15. The van der Waals surface area contributed by atoms with Gasteiger partial charge in [0, 0.05) is 46.8 Å². The van der Waals surface area contributed by atoms with Gasteiger partial charge in [-0.15, -0.1) is 24.8 Å². The van der Waals surface area contributed by atoms with E-state index >= 15 is 0 Å². The second kappa shape index (κ2) is 9.01. The van der Waals surface area contributed by atoms with E-state index in [0.29, 0.717) is 17.7 Å². The number of nitrogens with zero attached hydrogens (tertiary/aromatic N) is 6. The van der Waals surface area contributed by atoms with E-state index in [0.717, 1.165) is 30.7 Å². The molecule has 26 heavy (non-hydrogen) atoms. The average molecular weight is 409 g/mol. The average Bonchev–Trinajstić information content (AvgIpc) is 2.96. The molecule has 9 nitrogen and oxygen atoms in total. The molecule has 0 aliphatic carbocycles. The maximum atomic E-state index is 12.4. The number of rotatable bonds is 4. The van der Waals surface area contributed by atoms with E-state index in [1.165, 1.54) is 17.9 Å². The molecule has 0 saturated carbocycles. The first kappa shape index (κ1) is 22.7. The van der Waals surface area contributed by atoms with E-state index in [4.69, 9.17) is 0 Å². The summed E-state index contributed by atoms with van der Waals surface area (Å²) < 4.78 is 4.05. The van der Waals surface area contributed by atoms with Gasteiger partial charge < -0.3 is 14.6 Å². The first-order valence-electron chi connectivity index (χ1n) is 8.08. The van der Waals surface area contributed by atoms with Gasteiger partial charge in [-0.05, 0) is 7.05 Å². The van der Waals surface area contributed by atoms with E-state index in [-0.39, 0.29) is 31.4 Å². The Hall–Kier alpha value is -1.39. The van der Waals surface area contributed by atoms with E-state index in [2.05, 4.69) is 21.8 Å². The van der Waals surface area contributed by atoms with E-state index in [1.807, 2.05) is 0 Å². The Bertz CT molecular complexity index is 853. The Morgan fingerprint density at radius 3 is 2.27 bits per heavy atom. The molecule has 148 valence electrons. The first-order valence-corrected chi connectivity index (χ1v) is 8.08. The number of aliphatic hydroxyl groups excluding tert-OH is 1. The minimum absolute atomic E-state index is 0. The van der Waals surface area contributed by atoms with Crippen molar-refractivity contribution in [2.24, 2.45) is 14.1 Å². The van der Waals surface area contributed by atoms with Gasteiger partial charge >= 0.3 is 5.69 Å². The quantitative estimate of drug-likeness (QED) is 0.689. The Balaban J connectivity index is 0.00000169. The number of likely N-dealkylation sites (N-methyl/N-ethyl adjacent to an activating group) is 1. The molecule has 11 heteroatoms. The Morgan fingerprint density at radius 2 is 1.65 bits per heavy atom. The smallest absolute Gasteiger partial charge is 0.332 e. The van der Waals surface area contributed by atoms with Crippen molar-refractivity contribution in [3.63, 3.8) is 0 Å². The Morgan fingerprint density at radius 1 is 1.04 bits per heavy atom. The molecular weight excluding hydrogens is 383 g/mol. The summed E-state index contributed by atoms with van der Waals surface area (Å²) in [5, 5.41) is 10.4. The first-order chi connectivity index (χ1) is 11.4. The molecule has 1 N–H and O–H groups in total. The summed E-state index contributed by atoms with van der Waals surface area (Å²) in [6.07, 6.45) is 0.909. The highest BCUT2D eigenvalue weighted by molar-refractivity contribution is 5.85. The predicted molar refractivity (Wildman–Crippen MR) is 105 cm³/mol. The van der Waals surface area contributed by atoms with Crippen molar-refractivity contribution in [1.29, 1.82) is 0 Å². The topological polar surface area (TPSA) is 88.5 Å². The number of halogens is 2. The van der Waals surface area contributed by atoms with Crippen molar-refractivity contribution >= 4 is 36.0 Å². The minimum atomic E-state index is -0.604. The van der Waals surface area contributed by atoms with Crippen molar-refractivity contribution < 1.29 is 5.11 Å². The highest BCUT2D eigenvalue weighted by atomic mass is 35.5. The largest absolute Gasteiger partial charge is 0.390 e. The van der Waals surface area contributed by atoms with Gasteiger partial charge in [-0.1, -0.05) is 0 Å². The molecule has 0 aromatic carbocycles. The number of aromatic nitrogens is 4. The molecule has 0 bridgehead atoms. The molecule has 3 rings (SSSR count). The molecular formula is C15H26Cl2N6O3. The summed E-state index contributed by atoms with van der Waals surface area (Å²) >= 11 is 0. The van der Waals surface area contributed by atoms with Crippen molar-refractivity contribution in [3.05, 3.63) is 27.2 Å². The SMILES string of the molecule is CN1CCN(CC(O)Cn2cnc3c2c(=O)n(C)c(=O)n3C)CC1.Cl.Cl. The van der Waals surface area contributed by atoms with Gasteiger partial charge in [0.15, 0.2) is 11.2 Å². The zero-order valence-corrected chi connectivity index (χ0v) is 16.8.